The number of anilines is 1. The topological polar surface area (TPSA) is 98.7 Å². The quantitative estimate of drug-likeness (QED) is 0.677. The van der Waals surface area contributed by atoms with Crippen LogP contribution in [0.5, 0.6) is 0 Å². The summed E-state index contributed by atoms with van der Waals surface area (Å²) in [6, 6.07) is 7.54. The van der Waals surface area contributed by atoms with E-state index in [4.69, 9.17) is 15.7 Å². The lowest BCUT2D eigenvalue weighted by atomic mass is 9.95. The number of hydrogen-bond acceptors (Lipinski definition) is 5. The first-order valence-corrected chi connectivity index (χ1v) is 10.1. The Labute approximate surface area is 164 Å². The van der Waals surface area contributed by atoms with Gasteiger partial charge in [0.1, 0.15) is 5.52 Å². The van der Waals surface area contributed by atoms with Gasteiger partial charge in [0.25, 0.3) is 0 Å². The summed E-state index contributed by atoms with van der Waals surface area (Å²) in [7, 11) is 0. The van der Waals surface area contributed by atoms with Gasteiger partial charge in [0.15, 0.2) is 17.3 Å². The highest BCUT2D eigenvalue weighted by atomic mass is 16.1. The normalized spacial score (nSPS) is 15.0. The van der Waals surface area contributed by atoms with Crippen molar-refractivity contribution in [1.82, 2.24) is 19.5 Å². The second kappa shape index (κ2) is 7.96. The largest absolute Gasteiger partial charge is 0.368 e. The van der Waals surface area contributed by atoms with Gasteiger partial charge < -0.3 is 15.6 Å². The molecule has 7 heteroatoms. The first-order chi connectivity index (χ1) is 13.7. The lowest BCUT2D eigenvalue weighted by Gasteiger charge is -2.23. The van der Waals surface area contributed by atoms with Crippen LogP contribution in [0.25, 0.3) is 22.6 Å². The van der Waals surface area contributed by atoms with Gasteiger partial charge in [-0.05, 0) is 31.4 Å². The van der Waals surface area contributed by atoms with E-state index in [1.54, 1.807) is 12.1 Å². The second-order valence-electron chi connectivity index (χ2n) is 7.38. The Morgan fingerprint density at radius 2 is 1.93 bits per heavy atom. The number of nitrogens with zero attached hydrogens (tertiary/aromatic N) is 4. The Kier molecular flexibility index (Phi) is 5.23. The number of rotatable bonds is 6. The van der Waals surface area contributed by atoms with E-state index >= 15 is 0 Å². The van der Waals surface area contributed by atoms with Crippen LogP contribution in [0.3, 0.4) is 0 Å². The van der Waals surface area contributed by atoms with E-state index in [2.05, 4.69) is 21.8 Å². The van der Waals surface area contributed by atoms with Crippen LogP contribution < -0.4 is 11.1 Å². The van der Waals surface area contributed by atoms with Crippen molar-refractivity contribution in [2.24, 2.45) is 5.73 Å². The molecule has 1 amide bonds. The number of benzene rings is 1. The molecule has 1 aliphatic carbocycles. The van der Waals surface area contributed by atoms with Crippen molar-refractivity contribution in [3.8, 4) is 11.4 Å². The van der Waals surface area contributed by atoms with Gasteiger partial charge in [0.2, 0.25) is 5.91 Å². The molecule has 4 rings (SSSR count). The van der Waals surface area contributed by atoms with Crippen LogP contribution in [-0.2, 0) is 0 Å². The van der Waals surface area contributed by atoms with Crippen molar-refractivity contribution in [2.75, 3.05) is 11.9 Å². The van der Waals surface area contributed by atoms with Crippen LogP contribution in [0.2, 0.25) is 0 Å². The predicted octanol–water partition coefficient (Wildman–Crippen LogP) is 3.92. The third-order valence-electron chi connectivity index (χ3n) is 5.36. The van der Waals surface area contributed by atoms with Crippen molar-refractivity contribution in [1.29, 1.82) is 0 Å². The third-order valence-corrected chi connectivity index (χ3v) is 5.36. The van der Waals surface area contributed by atoms with E-state index in [1.807, 2.05) is 18.5 Å². The number of nitrogens with two attached hydrogens (primary N) is 1. The molecule has 0 atom stereocenters. The van der Waals surface area contributed by atoms with Crippen molar-refractivity contribution in [2.45, 2.75) is 51.5 Å². The van der Waals surface area contributed by atoms with E-state index in [0.717, 1.165) is 48.4 Å². The van der Waals surface area contributed by atoms with Gasteiger partial charge in [-0.3, -0.25) is 4.79 Å². The minimum absolute atomic E-state index is 0.441. The lowest BCUT2D eigenvalue weighted by molar-refractivity contribution is 0.100. The Morgan fingerprint density at radius 1 is 1.18 bits per heavy atom. The molecule has 0 radical (unpaired) electrons. The molecule has 0 spiro atoms. The summed E-state index contributed by atoms with van der Waals surface area (Å²) in [5.41, 5.74) is 8.36. The lowest BCUT2D eigenvalue weighted by Crippen LogP contribution is -2.13. The molecule has 1 fully saturated rings. The van der Waals surface area contributed by atoms with Crippen molar-refractivity contribution >= 4 is 22.9 Å². The van der Waals surface area contributed by atoms with Crippen LogP contribution in [0, 0.1) is 0 Å². The summed E-state index contributed by atoms with van der Waals surface area (Å²) in [6.07, 6.45) is 9.03. The maximum atomic E-state index is 11.4. The SMILES string of the molecule is CCCNc1nc(-c2ccc(C(N)=O)cc2)nc2c1ncn2C1CCCCC1. The van der Waals surface area contributed by atoms with Gasteiger partial charge >= 0.3 is 0 Å². The molecule has 28 heavy (non-hydrogen) atoms. The first-order valence-electron chi connectivity index (χ1n) is 10.1. The molecule has 0 bridgehead atoms. The van der Waals surface area contributed by atoms with Gasteiger partial charge in [0.05, 0.1) is 6.33 Å². The standard InChI is InChI=1S/C21H26N6O/c1-2-12-23-20-17-21(27(13-24-17)16-6-4-3-5-7-16)26-19(25-20)15-10-8-14(9-11-15)18(22)28/h8-11,13,16H,2-7,12H2,1H3,(H2,22,28)(H,23,25,26). The number of primary amides is 1. The van der Waals surface area contributed by atoms with Gasteiger partial charge in [-0.25, -0.2) is 15.0 Å². The van der Waals surface area contributed by atoms with E-state index < -0.39 is 5.91 Å². The third kappa shape index (κ3) is 3.56. The van der Waals surface area contributed by atoms with Crippen LogP contribution in [0.1, 0.15) is 61.8 Å². The number of carbonyl (C=O) groups is 1. The molecule has 1 saturated carbocycles. The zero-order valence-corrected chi connectivity index (χ0v) is 16.2. The van der Waals surface area contributed by atoms with Gasteiger partial charge in [0, 0.05) is 23.7 Å². The van der Waals surface area contributed by atoms with Gasteiger partial charge in [-0.2, -0.15) is 0 Å². The summed E-state index contributed by atoms with van der Waals surface area (Å²) in [5, 5.41) is 3.39. The molecule has 0 unspecified atom stereocenters. The fraction of sp³-hybridized carbons (Fsp3) is 0.429. The second-order valence-corrected chi connectivity index (χ2v) is 7.38. The summed E-state index contributed by atoms with van der Waals surface area (Å²) in [4.78, 5) is 25.6. The molecule has 0 saturated heterocycles. The highest BCUT2D eigenvalue weighted by Gasteiger charge is 2.21. The molecule has 0 aliphatic heterocycles. The Morgan fingerprint density at radius 3 is 2.61 bits per heavy atom. The number of aromatic nitrogens is 4. The fourth-order valence-electron chi connectivity index (χ4n) is 3.82. The monoisotopic (exact) mass is 378 g/mol. The summed E-state index contributed by atoms with van der Waals surface area (Å²) < 4.78 is 2.22. The highest BCUT2D eigenvalue weighted by Crippen LogP contribution is 2.32. The van der Waals surface area contributed by atoms with Gasteiger partial charge in [-0.1, -0.05) is 38.3 Å². The van der Waals surface area contributed by atoms with Crippen molar-refractivity contribution < 1.29 is 4.79 Å². The Hall–Kier alpha value is -2.96. The molecule has 2 heterocycles. The zero-order valence-electron chi connectivity index (χ0n) is 16.2. The maximum absolute atomic E-state index is 11.4. The number of fused-ring (bicyclic) bond motifs is 1. The van der Waals surface area contributed by atoms with E-state index in [1.165, 1.54) is 19.3 Å². The maximum Gasteiger partial charge on any atom is 0.248 e. The smallest absolute Gasteiger partial charge is 0.248 e. The number of amides is 1. The Balaban J connectivity index is 1.80. The number of nitrogens with one attached hydrogen (secondary N) is 1. The van der Waals surface area contributed by atoms with Crippen LogP contribution in [0.4, 0.5) is 5.82 Å². The zero-order chi connectivity index (χ0) is 19.5. The van der Waals surface area contributed by atoms with Crippen molar-refractivity contribution in [3.63, 3.8) is 0 Å². The molecule has 7 nitrogen and oxygen atoms in total. The average molecular weight is 378 g/mol. The van der Waals surface area contributed by atoms with Crippen LogP contribution in [0.15, 0.2) is 30.6 Å². The predicted molar refractivity (Wildman–Crippen MR) is 110 cm³/mol. The van der Waals surface area contributed by atoms with E-state index in [0.29, 0.717) is 17.4 Å². The van der Waals surface area contributed by atoms with E-state index in [9.17, 15) is 4.79 Å². The van der Waals surface area contributed by atoms with Crippen molar-refractivity contribution in [3.05, 3.63) is 36.2 Å². The molecular formula is C21H26N6O. The summed E-state index contributed by atoms with van der Waals surface area (Å²) in [6.45, 7) is 2.94. The minimum atomic E-state index is -0.441. The van der Waals surface area contributed by atoms with Crippen LogP contribution in [-0.4, -0.2) is 32.0 Å². The fourth-order valence-corrected chi connectivity index (χ4v) is 3.82. The number of imidazole rings is 1. The minimum Gasteiger partial charge on any atom is -0.368 e. The number of hydrogen-bond donors (Lipinski definition) is 2. The molecular weight excluding hydrogens is 352 g/mol. The average Bonchev–Trinajstić information content (AvgIpc) is 3.17. The molecule has 1 aliphatic rings. The number of carbonyl (C=O) groups excluding carboxylic acids is 1. The van der Waals surface area contributed by atoms with Gasteiger partial charge in [-0.15, -0.1) is 0 Å². The molecule has 146 valence electrons. The molecule has 1 aromatic carbocycles. The summed E-state index contributed by atoms with van der Waals surface area (Å²) >= 11 is 0. The first kappa shape index (κ1) is 18.4. The van der Waals surface area contributed by atoms with Crippen LogP contribution >= 0.6 is 0 Å². The molecule has 2 aromatic heterocycles. The summed E-state index contributed by atoms with van der Waals surface area (Å²) in [5.74, 6) is 0.943. The highest BCUT2D eigenvalue weighted by molar-refractivity contribution is 5.93. The Bertz CT molecular complexity index is 972. The molecule has 3 aromatic rings. The molecule has 3 N–H and O–H groups in total. The van der Waals surface area contributed by atoms with E-state index in [-0.39, 0.29) is 0 Å².